The normalized spacial score (nSPS) is 20.4. The van der Waals surface area contributed by atoms with Crippen molar-refractivity contribution >= 4 is 46.8 Å². The summed E-state index contributed by atoms with van der Waals surface area (Å²) in [7, 11) is 0. The van der Waals surface area contributed by atoms with E-state index in [1.807, 2.05) is 0 Å². The number of carbonyl (C=O) groups excluding carboxylic acids is 3. The van der Waals surface area contributed by atoms with Crippen LogP contribution in [0.1, 0.15) is 15.9 Å². The number of halogens is 5. The summed E-state index contributed by atoms with van der Waals surface area (Å²) in [4.78, 5) is 36.8. The molecular formula is C20H18ClF4N5O3S. The standard InChI is InChI=1S/C20H18ClF4N5O3S/c21-11-6-5-9(20(23,24)25)7-13(11)27-14(31)8-34-19-29-16(26)15(18(33)30-19)28-17(32)10-3-1-2-4-12(10)22/h1-7,15-16,19,29H,8,26H2,(H,27,31)(H,28,32)(H,30,33). The number of nitrogens with two attached hydrogens (primary N) is 1. The topological polar surface area (TPSA) is 125 Å². The van der Waals surface area contributed by atoms with Crippen molar-refractivity contribution in [2.24, 2.45) is 5.73 Å². The highest BCUT2D eigenvalue weighted by Crippen LogP contribution is 2.33. The molecule has 1 aliphatic heterocycles. The predicted molar refractivity (Wildman–Crippen MR) is 118 cm³/mol. The summed E-state index contributed by atoms with van der Waals surface area (Å²) < 4.78 is 52.4. The summed E-state index contributed by atoms with van der Waals surface area (Å²) in [5.41, 5.74) is 3.62. The van der Waals surface area contributed by atoms with Crippen LogP contribution >= 0.6 is 23.4 Å². The van der Waals surface area contributed by atoms with Crippen LogP contribution in [0.25, 0.3) is 0 Å². The maximum atomic E-state index is 13.8. The first-order valence-corrected chi connectivity index (χ1v) is 11.0. The number of rotatable bonds is 6. The van der Waals surface area contributed by atoms with Crippen LogP contribution in [0.5, 0.6) is 0 Å². The number of nitrogens with one attached hydrogen (secondary N) is 4. The largest absolute Gasteiger partial charge is 0.416 e. The highest BCUT2D eigenvalue weighted by Gasteiger charge is 2.36. The van der Waals surface area contributed by atoms with Crippen LogP contribution in [0.3, 0.4) is 0 Å². The SMILES string of the molecule is NC1NC(SCC(=O)Nc2cc(C(F)(F)F)ccc2Cl)NC(=O)C1NC(=O)c1ccccc1F. The summed E-state index contributed by atoms with van der Waals surface area (Å²) in [6.07, 6.45) is -5.67. The van der Waals surface area contributed by atoms with Gasteiger partial charge in [0.25, 0.3) is 5.91 Å². The minimum absolute atomic E-state index is 0.0779. The van der Waals surface area contributed by atoms with E-state index in [4.69, 9.17) is 17.3 Å². The second-order valence-corrected chi connectivity index (χ2v) is 8.56. The van der Waals surface area contributed by atoms with Gasteiger partial charge in [0.05, 0.1) is 33.8 Å². The molecule has 1 saturated heterocycles. The molecule has 6 N–H and O–H groups in total. The first-order valence-electron chi connectivity index (χ1n) is 9.61. The highest BCUT2D eigenvalue weighted by molar-refractivity contribution is 8.00. The van der Waals surface area contributed by atoms with Crippen LogP contribution in [0.2, 0.25) is 5.02 Å². The number of alkyl halides is 3. The molecule has 2 aromatic carbocycles. The fourth-order valence-electron chi connectivity index (χ4n) is 2.95. The molecule has 3 amide bonds. The van der Waals surface area contributed by atoms with E-state index in [9.17, 15) is 31.9 Å². The van der Waals surface area contributed by atoms with Crippen molar-refractivity contribution in [1.29, 1.82) is 0 Å². The van der Waals surface area contributed by atoms with Gasteiger partial charge in [0.1, 0.15) is 17.4 Å². The first-order chi connectivity index (χ1) is 16.0. The van der Waals surface area contributed by atoms with Gasteiger partial charge in [0.15, 0.2) is 0 Å². The lowest BCUT2D eigenvalue weighted by Gasteiger charge is -2.35. The van der Waals surface area contributed by atoms with Crippen LogP contribution in [0, 0.1) is 5.82 Å². The Bertz CT molecular complexity index is 1100. The zero-order chi connectivity index (χ0) is 25.0. The molecule has 0 bridgehead atoms. The smallest absolute Gasteiger partial charge is 0.338 e. The predicted octanol–water partition coefficient (Wildman–Crippen LogP) is 2.26. The maximum absolute atomic E-state index is 13.8. The second-order valence-electron chi connectivity index (χ2n) is 7.06. The molecule has 8 nitrogen and oxygen atoms in total. The minimum Gasteiger partial charge on any atom is -0.338 e. The molecule has 0 spiro atoms. The van der Waals surface area contributed by atoms with Gasteiger partial charge in [-0.3, -0.25) is 19.7 Å². The lowest BCUT2D eigenvalue weighted by molar-refractivity contribution is -0.137. The van der Waals surface area contributed by atoms with E-state index in [1.165, 1.54) is 18.2 Å². The Kier molecular flexibility index (Phi) is 8.02. The molecule has 3 unspecified atom stereocenters. The van der Waals surface area contributed by atoms with E-state index in [0.717, 1.165) is 30.0 Å². The van der Waals surface area contributed by atoms with Gasteiger partial charge in [-0.25, -0.2) is 4.39 Å². The Balaban J connectivity index is 1.54. The molecule has 1 fully saturated rings. The Morgan fingerprint density at radius 3 is 2.53 bits per heavy atom. The third kappa shape index (κ3) is 6.38. The number of amides is 3. The third-order valence-electron chi connectivity index (χ3n) is 4.61. The number of carbonyl (C=O) groups is 3. The van der Waals surface area contributed by atoms with Crippen LogP contribution < -0.4 is 27.0 Å². The number of thioether (sulfide) groups is 1. The number of anilines is 1. The van der Waals surface area contributed by atoms with Gasteiger partial charge < -0.3 is 21.7 Å². The number of hydrogen-bond donors (Lipinski definition) is 5. The van der Waals surface area contributed by atoms with E-state index >= 15 is 0 Å². The van der Waals surface area contributed by atoms with Gasteiger partial charge in [-0.05, 0) is 30.3 Å². The number of hydrogen-bond acceptors (Lipinski definition) is 6. The molecule has 14 heteroatoms. The summed E-state index contributed by atoms with van der Waals surface area (Å²) in [5.74, 6) is -3.22. The zero-order valence-electron chi connectivity index (χ0n) is 17.1. The van der Waals surface area contributed by atoms with Crippen molar-refractivity contribution in [1.82, 2.24) is 16.0 Å². The molecule has 0 aromatic heterocycles. The molecule has 3 atom stereocenters. The van der Waals surface area contributed by atoms with E-state index in [0.29, 0.717) is 6.07 Å². The lowest BCUT2D eigenvalue weighted by atomic mass is 10.1. The minimum atomic E-state index is -4.61. The van der Waals surface area contributed by atoms with Crippen molar-refractivity contribution in [3.63, 3.8) is 0 Å². The molecule has 2 aromatic rings. The molecule has 3 rings (SSSR count). The Morgan fingerprint density at radius 1 is 1.18 bits per heavy atom. The summed E-state index contributed by atoms with van der Waals surface area (Å²) in [6.45, 7) is 0. The van der Waals surface area contributed by atoms with E-state index in [2.05, 4.69) is 21.3 Å². The summed E-state index contributed by atoms with van der Waals surface area (Å²) >= 11 is 6.75. The lowest BCUT2D eigenvalue weighted by Crippen LogP contribution is -2.70. The molecule has 0 saturated carbocycles. The van der Waals surface area contributed by atoms with Crippen LogP contribution in [0.4, 0.5) is 23.2 Å². The fourth-order valence-corrected chi connectivity index (χ4v) is 3.95. The maximum Gasteiger partial charge on any atom is 0.416 e. The molecular weight excluding hydrogens is 502 g/mol. The second kappa shape index (κ2) is 10.6. The van der Waals surface area contributed by atoms with Crippen LogP contribution in [-0.4, -0.2) is 41.2 Å². The van der Waals surface area contributed by atoms with E-state index < -0.39 is 53.0 Å². The third-order valence-corrected chi connectivity index (χ3v) is 5.96. The fraction of sp³-hybridized carbons (Fsp3) is 0.250. The van der Waals surface area contributed by atoms with Crippen molar-refractivity contribution in [3.05, 3.63) is 64.4 Å². The quantitative estimate of drug-likeness (QED) is 0.373. The Hall–Kier alpha value is -2.87. The van der Waals surface area contributed by atoms with E-state index in [1.54, 1.807) is 0 Å². The zero-order valence-corrected chi connectivity index (χ0v) is 18.7. The van der Waals surface area contributed by atoms with Gasteiger partial charge >= 0.3 is 6.18 Å². The van der Waals surface area contributed by atoms with Gasteiger partial charge in [-0.2, -0.15) is 13.2 Å². The monoisotopic (exact) mass is 519 g/mol. The van der Waals surface area contributed by atoms with Gasteiger partial charge in [0, 0.05) is 0 Å². The van der Waals surface area contributed by atoms with Gasteiger partial charge in [0.2, 0.25) is 11.8 Å². The van der Waals surface area contributed by atoms with E-state index in [-0.39, 0.29) is 22.0 Å². The van der Waals surface area contributed by atoms with Crippen LogP contribution in [-0.2, 0) is 15.8 Å². The molecule has 0 aliphatic carbocycles. The summed E-state index contributed by atoms with van der Waals surface area (Å²) in [6, 6.07) is 6.51. The first kappa shape index (κ1) is 25.7. The van der Waals surface area contributed by atoms with Gasteiger partial charge in [-0.1, -0.05) is 23.7 Å². The van der Waals surface area contributed by atoms with Crippen molar-refractivity contribution < 1.29 is 31.9 Å². The Morgan fingerprint density at radius 2 is 1.88 bits per heavy atom. The van der Waals surface area contributed by atoms with Crippen molar-refractivity contribution in [2.45, 2.75) is 23.9 Å². The van der Waals surface area contributed by atoms with Crippen molar-refractivity contribution in [3.8, 4) is 0 Å². The average molecular weight is 520 g/mol. The van der Waals surface area contributed by atoms with Crippen molar-refractivity contribution in [2.75, 3.05) is 11.1 Å². The molecule has 34 heavy (non-hydrogen) atoms. The molecule has 1 heterocycles. The molecule has 1 aliphatic rings. The Labute approximate surface area is 200 Å². The summed E-state index contributed by atoms with van der Waals surface area (Å²) in [5, 5.41) is 9.82. The average Bonchev–Trinajstić information content (AvgIpc) is 2.75. The molecule has 0 radical (unpaired) electrons. The molecule has 182 valence electrons. The number of benzene rings is 2. The highest BCUT2D eigenvalue weighted by atomic mass is 35.5. The van der Waals surface area contributed by atoms with Crippen LogP contribution in [0.15, 0.2) is 42.5 Å². The van der Waals surface area contributed by atoms with Gasteiger partial charge in [-0.15, -0.1) is 11.8 Å².